The highest BCUT2D eigenvalue weighted by atomic mass is 16.6. The number of carbonyl (C=O) groups excluding carboxylic acids is 2. The number of hydrogen-bond acceptors (Lipinski definition) is 6. The van der Waals surface area contributed by atoms with Gasteiger partial charge in [-0.2, -0.15) is 0 Å². The predicted octanol–water partition coefficient (Wildman–Crippen LogP) is 5.52. The zero-order chi connectivity index (χ0) is 28.8. The Morgan fingerprint density at radius 2 is 1.80 bits per heavy atom. The van der Waals surface area contributed by atoms with E-state index in [9.17, 15) is 9.59 Å². The standard InChI is InChI=1S/C33H38N4O4/c1-19-13-20(2)15-23(14-19)31-21(3)37(33(39)41-31)18-28-24(8-10-30(35-28)36-11-6-12-36)26-16-22(7-9-29(26)40-5)25-17-27(25)32(38)34-4/h7-10,13-16,21,25,27,31H,6,11-12,17-18H2,1-5H3,(H,34,38)/t21-,25-,27+,31-/m0/s1. The maximum absolute atomic E-state index is 13.3. The molecule has 2 aliphatic heterocycles. The summed E-state index contributed by atoms with van der Waals surface area (Å²) in [6.07, 6.45) is 1.30. The smallest absolute Gasteiger partial charge is 0.411 e. The molecule has 3 aliphatic rings. The van der Waals surface area contributed by atoms with E-state index in [-0.39, 0.29) is 36.0 Å². The lowest BCUT2D eigenvalue weighted by atomic mass is 9.96. The van der Waals surface area contributed by atoms with E-state index in [4.69, 9.17) is 14.5 Å². The normalized spacial score (nSPS) is 23.2. The lowest BCUT2D eigenvalue weighted by Gasteiger charge is -2.33. The second-order valence-electron chi connectivity index (χ2n) is 11.6. The van der Waals surface area contributed by atoms with Crippen LogP contribution in [0.15, 0.2) is 48.5 Å². The van der Waals surface area contributed by atoms with Crippen LogP contribution in [0.1, 0.15) is 59.7 Å². The van der Waals surface area contributed by atoms with Crippen LogP contribution in [0.5, 0.6) is 5.75 Å². The van der Waals surface area contributed by atoms with Crippen LogP contribution in [-0.4, -0.2) is 55.2 Å². The monoisotopic (exact) mass is 554 g/mol. The van der Waals surface area contributed by atoms with Gasteiger partial charge >= 0.3 is 6.09 Å². The molecule has 0 radical (unpaired) electrons. The molecular weight excluding hydrogens is 516 g/mol. The van der Waals surface area contributed by atoms with E-state index >= 15 is 0 Å². The number of hydrogen-bond donors (Lipinski definition) is 1. The minimum absolute atomic E-state index is 0.00459. The van der Waals surface area contributed by atoms with E-state index < -0.39 is 0 Å². The number of amides is 2. The summed E-state index contributed by atoms with van der Waals surface area (Å²) >= 11 is 0. The number of methoxy groups -OCH3 is 1. The number of nitrogens with zero attached hydrogens (tertiary/aromatic N) is 3. The van der Waals surface area contributed by atoms with Crippen molar-refractivity contribution in [2.24, 2.45) is 5.92 Å². The van der Waals surface area contributed by atoms with Crippen molar-refractivity contribution in [3.8, 4) is 16.9 Å². The molecule has 0 spiro atoms. The first-order valence-electron chi connectivity index (χ1n) is 14.5. The molecule has 2 saturated heterocycles. The van der Waals surface area contributed by atoms with E-state index in [1.165, 1.54) is 0 Å². The van der Waals surface area contributed by atoms with Crippen molar-refractivity contribution in [3.63, 3.8) is 0 Å². The van der Waals surface area contributed by atoms with Crippen molar-refractivity contribution in [2.45, 2.75) is 58.2 Å². The second kappa shape index (κ2) is 10.7. The molecule has 3 heterocycles. The lowest BCUT2D eigenvalue weighted by Crippen LogP contribution is -2.38. The number of aryl methyl sites for hydroxylation is 2. The highest BCUT2D eigenvalue weighted by molar-refractivity contribution is 5.83. The number of anilines is 1. The number of pyridine rings is 1. The van der Waals surface area contributed by atoms with Gasteiger partial charge in [-0.15, -0.1) is 0 Å². The molecule has 3 aromatic rings. The molecule has 6 rings (SSSR count). The van der Waals surface area contributed by atoms with Crippen molar-refractivity contribution >= 4 is 17.8 Å². The molecule has 1 N–H and O–H groups in total. The highest BCUT2D eigenvalue weighted by Gasteiger charge is 2.44. The van der Waals surface area contributed by atoms with E-state index in [1.807, 2.05) is 19.1 Å². The van der Waals surface area contributed by atoms with E-state index in [0.29, 0.717) is 6.54 Å². The Kier molecular flexibility index (Phi) is 7.09. The number of benzene rings is 2. The Bertz CT molecular complexity index is 1480. The molecule has 0 unspecified atom stereocenters. The van der Waals surface area contributed by atoms with Gasteiger partial charge < -0.3 is 19.7 Å². The van der Waals surface area contributed by atoms with Gasteiger partial charge in [0.1, 0.15) is 17.7 Å². The number of ether oxygens (including phenoxy) is 2. The van der Waals surface area contributed by atoms with Gasteiger partial charge in [0.15, 0.2) is 0 Å². The quantitative estimate of drug-likeness (QED) is 0.395. The van der Waals surface area contributed by atoms with Gasteiger partial charge in [0.25, 0.3) is 0 Å². The molecule has 3 fully saturated rings. The Morgan fingerprint density at radius 1 is 1.05 bits per heavy atom. The first kappa shape index (κ1) is 27.1. The fourth-order valence-corrected chi connectivity index (χ4v) is 6.28. The third kappa shape index (κ3) is 5.11. The summed E-state index contributed by atoms with van der Waals surface area (Å²) < 4.78 is 11.7. The first-order chi connectivity index (χ1) is 19.8. The van der Waals surface area contributed by atoms with Gasteiger partial charge in [-0.05, 0) is 74.9 Å². The molecule has 4 atom stereocenters. The van der Waals surface area contributed by atoms with Crippen LogP contribution in [-0.2, 0) is 16.1 Å². The SMILES string of the molecule is CNC(=O)[C@@H]1C[C@H]1c1ccc(OC)c(-c2ccc(N3CCC3)nc2CN2C(=O)O[C@H](c3cc(C)cc(C)c3)[C@@H]2C)c1. The molecule has 2 aromatic carbocycles. The van der Waals surface area contributed by atoms with Crippen LogP contribution < -0.4 is 15.0 Å². The molecule has 2 amide bonds. The van der Waals surface area contributed by atoms with Crippen LogP contribution in [0.4, 0.5) is 10.6 Å². The minimum Gasteiger partial charge on any atom is -0.496 e. The molecule has 0 bridgehead atoms. The molecule has 1 saturated carbocycles. The van der Waals surface area contributed by atoms with Crippen molar-refractivity contribution in [1.82, 2.24) is 15.2 Å². The van der Waals surface area contributed by atoms with Crippen molar-refractivity contribution in [1.29, 1.82) is 0 Å². The van der Waals surface area contributed by atoms with Gasteiger partial charge in [0.05, 0.1) is 25.4 Å². The summed E-state index contributed by atoms with van der Waals surface area (Å²) in [5, 5.41) is 2.77. The predicted molar refractivity (Wildman–Crippen MR) is 158 cm³/mol. The topological polar surface area (TPSA) is 84.0 Å². The number of cyclic esters (lactones) is 1. The Hall–Kier alpha value is -4.07. The summed E-state index contributed by atoms with van der Waals surface area (Å²) in [6.45, 7) is 8.43. The Labute approximate surface area is 241 Å². The largest absolute Gasteiger partial charge is 0.496 e. The molecule has 1 aliphatic carbocycles. The van der Waals surface area contributed by atoms with Crippen molar-refractivity contribution < 1.29 is 19.1 Å². The number of aromatic nitrogens is 1. The zero-order valence-electron chi connectivity index (χ0n) is 24.4. The molecule has 8 heteroatoms. The summed E-state index contributed by atoms with van der Waals surface area (Å²) in [6, 6.07) is 16.4. The van der Waals surface area contributed by atoms with E-state index in [1.54, 1.807) is 19.1 Å². The van der Waals surface area contributed by atoms with Crippen molar-refractivity contribution in [2.75, 3.05) is 32.1 Å². The van der Waals surface area contributed by atoms with E-state index in [2.05, 4.69) is 60.5 Å². The molecule has 214 valence electrons. The van der Waals surface area contributed by atoms with Crippen LogP contribution in [0, 0.1) is 19.8 Å². The average Bonchev–Trinajstić information content (AvgIpc) is 3.68. The summed E-state index contributed by atoms with van der Waals surface area (Å²) in [5.41, 5.74) is 7.04. The molecular formula is C33H38N4O4. The fraction of sp³-hybridized carbons (Fsp3) is 0.424. The van der Waals surface area contributed by atoms with Crippen molar-refractivity contribution in [3.05, 3.63) is 76.5 Å². The zero-order valence-corrected chi connectivity index (χ0v) is 24.4. The molecule has 41 heavy (non-hydrogen) atoms. The van der Waals surface area contributed by atoms with Gasteiger partial charge in [-0.1, -0.05) is 35.4 Å². The average molecular weight is 555 g/mol. The third-order valence-corrected chi connectivity index (χ3v) is 8.74. The van der Waals surface area contributed by atoms with Crippen LogP contribution >= 0.6 is 0 Å². The fourth-order valence-electron chi connectivity index (χ4n) is 6.28. The maximum atomic E-state index is 13.3. The summed E-state index contributed by atoms with van der Waals surface area (Å²) in [4.78, 5) is 34.7. The van der Waals surface area contributed by atoms with Gasteiger partial charge in [-0.25, -0.2) is 9.78 Å². The second-order valence-corrected chi connectivity index (χ2v) is 11.6. The number of nitrogens with one attached hydrogen (secondary N) is 1. The minimum atomic E-state index is -0.350. The van der Waals surface area contributed by atoms with Crippen LogP contribution in [0.2, 0.25) is 0 Å². The van der Waals surface area contributed by atoms with Gasteiger partial charge in [-0.3, -0.25) is 9.69 Å². The highest BCUT2D eigenvalue weighted by Crippen LogP contribution is 2.49. The van der Waals surface area contributed by atoms with Crippen LogP contribution in [0.3, 0.4) is 0 Å². The van der Waals surface area contributed by atoms with Crippen LogP contribution in [0.25, 0.3) is 11.1 Å². The number of carbonyl (C=O) groups is 2. The van der Waals surface area contributed by atoms with Gasteiger partial charge in [0, 0.05) is 37.2 Å². The van der Waals surface area contributed by atoms with E-state index in [0.717, 1.165) is 76.6 Å². The third-order valence-electron chi connectivity index (χ3n) is 8.74. The van der Waals surface area contributed by atoms with Gasteiger partial charge in [0.2, 0.25) is 5.91 Å². The maximum Gasteiger partial charge on any atom is 0.411 e. The number of rotatable bonds is 8. The molecule has 1 aromatic heterocycles. The first-order valence-corrected chi connectivity index (χ1v) is 14.5. The Morgan fingerprint density at radius 3 is 2.46 bits per heavy atom. The lowest BCUT2D eigenvalue weighted by molar-refractivity contribution is -0.121. The summed E-state index contributed by atoms with van der Waals surface area (Å²) in [5.74, 6) is 1.90. The summed E-state index contributed by atoms with van der Waals surface area (Å²) in [7, 11) is 3.35. The molecule has 8 nitrogen and oxygen atoms in total. The Balaban J connectivity index is 1.36.